The predicted octanol–water partition coefficient (Wildman–Crippen LogP) is 1.33. The molecule has 1 aliphatic heterocycles. The lowest BCUT2D eigenvalue weighted by molar-refractivity contribution is 0.479. The van der Waals surface area contributed by atoms with Crippen LogP contribution in [0, 0.1) is 0 Å². The topological polar surface area (TPSA) is 61.9 Å². The summed E-state index contributed by atoms with van der Waals surface area (Å²) in [5, 5.41) is 6.89. The van der Waals surface area contributed by atoms with E-state index in [4.69, 9.17) is 0 Å². The Hall–Kier alpha value is -2.01. The summed E-state index contributed by atoms with van der Waals surface area (Å²) >= 11 is 0. The van der Waals surface area contributed by atoms with E-state index in [0.717, 1.165) is 37.3 Å². The van der Waals surface area contributed by atoms with Gasteiger partial charge >= 0.3 is 5.69 Å². The molecule has 0 aliphatic carbocycles. The van der Waals surface area contributed by atoms with Crippen molar-refractivity contribution in [2.75, 3.05) is 18.4 Å². The van der Waals surface area contributed by atoms with Crippen LogP contribution in [0.2, 0.25) is 0 Å². The zero-order valence-electron chi connectivity index (χ0n) is 10.7. The van der Waals surface area contributed by atoms with Gasteiger partial charge in [-0.25, -0.2) is 4.79 Å². The number of aromatic amines is 1. The molecule has 2 aromatic rings. The van der Waals surface area contributed by atoms with E-state index >= 15 is 0 Å². The van der Waals surface area contributed by atoms with E-state index in [1.807, 2.05) is 24.3 Å². The first-order chi connectivity index (χ1) is 9.33. The third-order valence-electron chi connectivity index (χ3n) is 3.50. The average Bonchev–Trinajstić information content (AvgIpc) is 2.87. The van der Waals surface area contributed by atoms with Crippen LogP contribution in [-0.4, -0.2) is 28.7 Å². The molecule has 1 aromatic heterocycles. The Morgan fingerprint density at radius 3 is 2.53 bits per heavy atom. The van der Waals surface area contributed by atoms with Crippen LogP contribution in [0.5, 0.6) is 0 Å². The van der Waals surface area contributed by atoms with Crippen molar-refractivity contribution in [2.24, 2.45) is 0 Å². The molecule has 1 fully saturated rings. The number of imidazole rings is 1. The number of anilines is 1. The molecular formula is C14H18N4O. The number of H-pyrrole nitrogens is 1. The van der Waals surface area contributed by atoms with E-state index < -0.39 is 0 Å². The van der Waals surface area contributed by atoms with Crippen LogP contribution in [0.4, 0.5) is 5.69 Å². The van der Waals surface area contributed by atoms with Gasteiger partial charge in [-0.15, -0.1) is 0 Å². The maximum absolute atomic E-state index is 11.5. The molecule has 1 aromatic carbocycles. The minimum atomic E-state index is -0.112. The Balaban J connectivity index is 1.72. The molecule has 5 nitrogen and oxygen atoms in total. The van der Waals surface area contributed by atoms with Gasteiger partial charge in [-0.3, -0.25) is 4.57 Å². The molecule has 5 heteroatoms. The van der Waals surface area contributed by atoms with Crippen molar-refractivity contribution >= 4 is 5.69 Å². The number of hydrogen-bond donors (Lipinski definition) is 3. The standard InChI is InChI=1S/C14H18N4O/c19-14-16-9-10-18(14)13-3-1-11(2-4-13)17-12-5-7-15-8-6-12/h1-4,9-10,12,15,17H,5-8H2,(H,16,19). The molecule has 0 bridgehead atoms. The Bertz CT molecular complexity index is 578. The number of nitrogens with one attached hydrogen (secondary N) is 3. The van der Waals surface area contributed by atoms with Gasteiger partial charge in [-0.05, 0) is 50.2 Å². The molecule has 0 atom stereocenters. The number of nitrogens with zero attached hydrogens (tertiary/aromatic N) is 1. The van der Waals surface area contributed by atoms with Crippen LogP contribution in [0.15, 0.2) is 41.5 Å². The minimum absolute atomic E-state index is 0.112. The maximum atomic E-state index is 11.5. The molecule has 19 heavy (non-hydrogen) atoms. The zero-order valence-corrected chi connectivity index (χ0v) is 10.7. The molecule has 0 unspecified atom stereocenters. The number of aromatic nitrogens is 2. The maximum Gasteiger partial charge on any atom is 0.330 e. The average molecular weight is 258 g/mol. The zero-order chi connectivity index (χ0) is 13.1. The lowest BCUT2D eigenvalue weighted by atomic mass is 10.1. The summed E-state index contributed by atoms with van der Waals surface area (Å²) in [6, 6.07) is 8.51. The molecule has 0 amide bonds. The minimum Gasteiger partial charge on any atom is -0.382 e. The fourth-order valence-electron chi connectivity index (χ4n) is 2.44. The Morgan fingerprint density at radius 2 is 1.89 bits per heavy atom. The van der Waals surface area contributed by atoms with Gasteiger partial charge in [0.25, 0.3) is 0 Å². The van der Waals surface area contributed by atoms with Crippen LogP contribution in [0.1, 0.15) is 12.8 Å². The third-order valence-corrected chi connectivity index (χ3v) is 3.50. The quantitative estimate of drug-likeness (QED) is 0.778. The van der Waals surface area contributed by atoms with Gasteiger partial charge in [0, 0.05) is 24.1 Å². The second kappa shape index (κ2) is 5.32. The van der Waals surface area contributed by atoms with E-state index in [2.05, 4.69) is 15.6 Å². The Morgan fingerprint density at radius 1 is 1.16 bits per heavy atom. The number of rotatable bonds is 3. The molecule has 1 aliphatic rings. The van der Waals surface area contributed by atoms with Crippen molar-refractivity contribution < 1.29 is 0 Å². The highest BCUT2D eigenvalue weighted by Crippen LogP contribution is 2.15. The Kier molecular flexibility index (Phi) is 3.37. The highest BCUT2D eigenvalue weighted by atomic mass is 16.1. The van der Waals surface area contributed by atoms with E-state index in [1.54, 1.807) is 17.0 Å². The van der Waals surface area contributed by atoms with Crippen LogP contribution in [0.25, 0.3) is 5.69 Å². The summed E-state index contributed by atoms with van der Waals surface area (Å²) in [7, 11) is 0. The first-order valence-corrected chi connectivity index (χ1v) is 6.67. The molecule has 3 N–H and O–H groups in total. The second-order valence-electron chi connectivity index (χ2n) is 4.85. The summed E-state index contributed by atoms with van der Waals surface area (Å²) in [6.07, 6.45) is 5.68. The summed E-state index contributed by atoms with van der Waals surface area (Å²) < 4.78 is 1.59. The largest absolute Gasteiger partial charge is 0.382 e. The fraction of sp³-hybridized carbons (Fsp3) is 0.357. The number of hydrogen-bond acceptors (Lipinski definition) is 3. The summed E-state index contributed by atoms with van der Waals surface area (Å²) in [6.45, 7) is 2.16. The smallest absolute Gasteiger partial charge is 0.330 e. The van der Waals surface area contributed by atoms with Gasteiger partial charge in [-0.2, -0.15) is 0 Å². The molecule has 1 saturated heterocycles. The van der Waals surface area contributed by atoms with Gasteiger partial charge in [-0.1, -0.05) is 0 Å². The lowest BCUT2D eigenvalue weighted by Gasteiger charge is -2.24. The van der Waals surface area contributed by atoms with Crippen molar-refractivity contribution in [3.05, 3.63) is 47.1 Å². The first kappa shape index (κ1) is 12.0. The lowest BCUT2D eigenvalue weighted by Crippen LogP contribution is -2.35. The van der Waals surface area contributed by atoms with Crippen molar-refractivity contribution in [1.29, 1.82) is 0 Å². The normalized spacial score (nSPS) is 16.4. The van der Waals surface area contributed by atoms with Crippen molar-refractivity contribution in [2.45, 2.75) is 18.9 Å². The number of benzene rings is 1. The molecule has 100 valence electrons. The van der Waals surface area contributed by atoms with Crippen molar-refractivity contribution in [1.82, 2.24) is 14.9 Å². The predicted molar refractivity (Wildman–Crippen MR) is 75.9 cm³/mol. The van der Waals surface area contributed by atoms with Gasteiger partial charge in [0.15, 0.2) is 0 Å². The number of piperidine rings is 1. The van der Waals surface area contributed by atoms with Crippen LogP contribution in [-0.2, 0) is 0 Å². The highest BCUT2D eigenvalue weighted by molar-refractivity contribution is 5.49. The van der Waals surface area contributed by atoms with E-state index in [1.165, 1.54) is 0 Å². The van der Waals surface area contributed by atoms with Gasteiger partial charge in [0.2, 0.25) is 0 Å². The first-order valence-electron chi connectivity index (χ1n) is 6.67. The van der Waals surface area contributed by atoms with E-state index in [0.29, 0.717) is 6.04 Å². The van der Waals surface area contributed by atoms with Gasteiger partial charge in [0.1, 0.15) is 0 Å². The highest BCUT2D eigenvalue weighted by Gasteiger charge is 2.12. The monoisotopic (exact) mass is 258 g/mol. The summed E-state index contributed by atoms with van der Waals surface area (Å²) in [5.41, 5.74) is 1.88. The van der Waals surface area contributed by atoms with Crippen LogP contribution in [0.3, 0.4) is 0 Å². The molecule has 0 spiro atoms. The molecule has 2 heterocycles. The summed E-state index contributed by atoms with van der Waals surface area (Å²) in [5.74, 6) is 0. The van der Waals surface area contributed by atoms with Crippen molar-refractivity contribution in [3.8, 4) is 5.69 Å². The molecular weight excluding hydrogens is 240 g/mol. The SMILES string of the molecule is O=c1[nH]ccn1-c1ccc(NC2CCNCC2)cc1. The molecule has 0 saturated carbocycles. The van der Waals surface area contributed by atoms with E-state index in [-0.39, 0.29) is 5.69 Å². The fourth-order valence-corrected chi connectivity index (χ4v) is 2.44. The summed E-state index contributed by atoms with van der Waals surface area (Å²) in [4.78, 5) is 14.1. The van der Waals surface area contributed by atoms with Crippen LogP contribution < -0.4 is 16.3 Å². The van der Waals surface area contributed by atoms with Gasteiger partial charge < -0.3 is 15.6 Å². The molecule has 0 radical (unpaired) electrons. The second-order valence-corrected chi connectivity index (χ2v) is 4.85. The molecule has 3 rings (SSSR count). The van der Waals surface area contributed by atoms with Gasteiger partial charge in [0.05, 0.1) is 5.69 Å². The van der Waals surface area contributed by atoms with Crippen LogP contribution >= 0.6 is 0 Å². The third kappa shape index (κ3) is 2.71. The Labute approximate surface area is 111 Å². The van der Waals surface area contributed by atoms with Crippen molar-refractivity contribution in [3.63, 3.8) is 0 Å². The van der Waals surface area contributed by atoms with E-state index in [9.17, 15) is 4.79 Å².